The number of nitrogens with one attached hydrogen (secondary N) is 1. The van der Waals surface area contributed by atoms with Crippen molar-refractivity contribution in [2.45, 2.75) is 0 Å². The van der Waals surface area contributed by atoms with Gasteiger partial charge in [-0.2, -0.15) is 0 Å². The minimum absolute atomic E-state index is 0. The first-order chi connectivity index (χ1) is 15.8. The zero-order valence-electron chi connectivity index (χ0n) is 19.6. The van der Waals surface area contributed by atoms with Crippen molar-refractivity contribution in [2.75, 3.05) is 89.4 Å². The molecule has 0 atom stereocenters. The van der Waals surface area contributed by atoms with Crippen molar-refractivity contribution in [3.05, 3.63) is 42.7 Å². The molecule has 2 aromatic rings. The van der Waals surface area contributed by atoms with Crippen LogP contribution in [0.5, 0.6) is 5.75 Å². The first kappa shape index (κ1) is 25.3. The number of hydrogen-bond donors (Lipinski definition) is 1. The van der Waals surface area contributed by atoms with E-state index < -0.39 is 0 Å². The normalized spacial score (nSPS) is 17.5. The van der Waals surface area contributed by atoms with Gasteiger partial charge in [0.1, 0.15) is 5.75 Å². The smallest absolute Gasteiger partial charge is 0.225 e. The summed E-state index contributed by atoms with van der Waals surface area (Å²) in [6.07, 6.45) is 3.61. The molecule has 3 heterocycles. The molecule has 9 nitrogen and oxygen atoms in total. The molecule has 2 aliphatic rings. The summed E-state index contributed by atoms with van der Waals surface area (Å²) >= 11 is 0. The Morgan fingerprint density at radius 2 is 1.67 bits per heavy atom. The van der Waals surface area contributed by atoms with Gasteiger partial charge in [-0.25, -0.2) is 9.97 Å². The maximum absolute atomic E-state index is 5.37. The SMILES string of the molecule is CN=C(NCCN1CCN(c2ncccn2)CC1)N1CCN(c2cccc(OC)c2)CC1.I. The van der Waals surface area contributed by atoms with Crippen LogP contribution in [-0.4, -0.2) is 105 Å². The highest BCUT2D eigenvalue weighted by molar-refractivity contribution is 14.0. The van der Waals surface area contributed by atoms with Crippen LogP contribution in [0.3, 0.4) is 0 Å². The van der Waals surface area contributed by atoms with Crippen LogP contribution >= 0.6 is 24.0 Å². The average Bonchev–Trinajstić information content (AvgIpc) is 2.88. The largest absolute Gasteiger partial charge is 0.497 e. The fourth-order valence-corrected chi connectivity index (χ4v) is 4.27. The molecule has 4 rings (SSSR count). The van der Waals surface area contributed by atoms with Crippen LogP contribution < -0.4 is 19.9 Å². The highest BCUT2D eigenvalue weighted by Gasteiger charge is 2.21. The summed E-state index contributed by atoms with van der Waals surface area (Å²) in [4.78, 5) is 22.7. The Balaban J connectivity index is 0.00000306. The summed E-state index contributed by atoms with van der Waals surface area (Å²) in [6, 6.07) is 10.1. The Hall–Kier alpha value is -2.34. The lowest BCUT2D eigenvalue weighted by molar-refractivity contribution is 0.258. The van der Waals surface area contributed by atoms with Crippen LogP contribution in [0.15, 0.2) is 47.7 Å². The van der Waals surface area contributed by atoms with Crippen molar-refractivity contribution in [3.63, 3.8) is 0 Å². The Bertz CT molecular complexity index is 868. The maximum Gasteiger partial charge on any atom is 0.225 e. The molecular weight excluding hydrogens is 531 g/mol. The van der Waals surface area contributed by atoms with Gasteiger partial charge < -0.3 is 24.8 Å². The number of benzene rings is 1. The van der Waals surface area contributed by atoms with E-state index in [1.807, 2.05) is 25.2 Å². The van der Waals surface area contributed by atoms with Crippen LogP contribution in [0.4, 0.5) is 11.6 Å². The monoisotopic (exact) mass is 566 g/mol. The van der Waals surface area contributed by atoms with Crippen molar-refractivity contribution in [1.82, 2.24) is 25.1 Å². The summed E-state index contributed by atoms with van der Waals surface area (Å²) in [6.45, 7) is 9.72. The third-order valence-electron chi connectivity index (χ3n) is 6.13. The zero-order chi connectivity index (χ0) is 22.2. The predicted octanol–water partition coefficient (Wildman–Crippen LogP) is 1.62. The molecule has 0 saturated carbocycles. The van der Waals surface area contributed by atoms with Crippen molar-refractivity contribution in [1.29, 1.82) is 0 Å². The Morgan fingerprint density at radius 1 is 0.970 bits per heavy atom. The highest BCUT2D eigenvalue weighted by Crippen LogP contribution is 2.22. The van der Waals surface area contributed by atoms with Gasteiger partial charge in [0.2, 0.25) is 5.95 Å². The highest BCUT2D eigenvalue weighted by atomic mass is 127. The standard InChI is InChI=1S/C23H34N8O.HI/c1-24-22(30-17-15-29(16-18-30)20-5-3-6-21(19-20)32-2)27-9-10-28-11-13-31(14-12-28)23-25-7-4-8-26-23;/h3-8,19H,9-18H2,1-2H3,(H,24,27);1H. The van der Waals surface area contributed by atoms with Crippen molar-refractivity contribution in [3.8, 4) is 5.75 Å². The van der Waals surface area contributed by atoms with E-state index >= 15 is 0 Å². The van der Waals surface area contributed by atoms with Gasteiger partial charge in [-0.15, -0.1) is 24.0 Å². The van der Waals surface area contributed by atoms with Gasteiger partial charge in [0.15, 0.2) is 5.96 Å². The minimum Gasteiger partial charge on any atom is -0.497 e. The van der Waals surface area contributed by atoms with E-state index in [1.54, 1.807) is 19.5 Å². The van der Waals surface area contributed by atoms with Crippen LogP contribution in [0.1, 0.15) is 0 Å². The van der Waals surface area contributed by atoms with Gasteiger partial charge in [0, 0.05) is 96.6 Å². The molecular formula is C23H35IN8O. The third-order valence-corrected chi connectivity index (χ3v) is 6.13. The molecule has 2 saturated heterocycles. The molecule has 10 heteroatoms. The predicted molar refractivity (Wildman–Crippen MR) is 144 cm³/mol. The van der Waals surface area contributed by atoms with E-state index in [9.17, 15) is 0 Å². The van der Waals surface area contributed by atoms with Crippen molar-refractivity contribution in [2.24, 2.45) is 4.99 Å². The number of hydrogen-bond acceptors (Lipinski definition) is 7. The number of aliphatic imine (C=N–C) groups is 1. The van der Waals surface area contributed by atoms with E-state index in [4.69, 9.17) is 4.74 Å². The minimum atomic E-state index is 0. The van der Waals surface area contributed by atoms with E-state index in [0.29, 0.717) is 0 Å². The molecule has 0 amide bonds. The van der Waals surface area contributed by atoms with Gasteiger partial charge >= 0.3 is 0 Å². The number of methoxy groups -OCH3 is 1. The Labute approximate surface area is 213 Å². The zero-order valence-corrected chi connectivity index (χ0v) is 21.9. The second kappa shape index (κ2) is 12.8. The molecule has 33 heavy (non-hydrogen) atoms. The van der Waals surface area contributed by atoms with Gasteiger partial charge in [0.05, 0.1) is 7.11 Å². The van der Waals surface area contributed by atoms with E-state index in [-0.39, 0.29) is 24.0 Å². The van der Waals surface area contributed by atoms with E-state index in [0.717, 1.165) is 83.1 Å². The first-order valence-electron chi connectivity index (χ1n) is 11.4. The number of ether oxygens (including phenoxy) is 1. The van der Waals surface area contributed by atoms with Crippen LogP contribution in [0, 0.1) is 0 Å². The van der Waals surface area contributed by atoms with Crippen LogP contribution in [-0.2, 0) is 0 Å². The number of aromatic nitrogens is 2. The van der Waals surface area contributed by atoms with Crippen LogP contribution in [0.25, 0.3) is 0 Å². The molecule has 0 spiro atoms. The fraction of sp³-hybridized carbons (Fsp3) is 0.522. The number of piperazine rings is 2. The molecule has 2 aliphatic heterocycles. The average molecular weight is 566 g/mol. The molecule has 0 bridgehead atoms. The molecule has 2 fully saturated rings. The number of anilines is 2. The molecule has 1 aromatic carbocycles. The molecule has 1 aromatic heterocycles. The molecule has 0 unspecified atom stereocenters. The van der Waals surface area contributed by atoms with E-state index in [2.05, 4.69) is 52.0 Å². The van der Waals surface area contributed by atoms with Crippen LogP contribution in [0.2, 0.25) is 0 Å². The number of nitrogens with zero attached hydrogens (tertiary/aromatic N) is 7. The molecule has 0 aliphatic carbocycles. The quantitative estimate of drug-likeness (QED) is 0.322. The van der Waals surface area contributed by atoms with Crippen molar-refractivity contribution >= 4 is 41.6 Å². The summed E-state index contributed by atoms with van der Waals surface area (Å²) in [5.41, 5.74) is 1.21. The lowest BCUT2D eigenvalue weighted by Crippen LogP contribution is -2.54. The van der Waals surface area contributed by atoms with Gasteiger partial charge in [-0.1, -0.05) is 6.07 Å². The summed E-state index contributed by atoms with van der Waals surface area (Å²) in [5.74, 6) is 2.73. The van der Waals surface area contributed by atoms with E-state index in [1.165, 1.54) is 5.69 Å². The Kier molecular flexibility index (Phi) is 9.79. The number of guanidine groups is 1. The maximum atomic E-state index is 5.37. The van der Waals surface area contributed by atoms with Gasteiger partial charge in [-0.05, 0) is 18.2 Å². The van der Waals surface area contributed by atoms with Crippen molar-refractivity contribution < 1.29 is 4.74 Å². The second-order valence-electron chi connectivity index (χ2n) is 8.03. The topological polar surface area (TPSA) is 72.4 Å². The summed E-state index contributed by atoms with van der Waals surface area (Å²) in [5, 5.41) is 3.56. The summed E-state index contributed by atoms with van der Waals surface area (Å²) < 4.78 is 5.37. The second-order valence-corrected chi connectivity index (χ2v) is 8.03. The molecule has 0 radical (unpaired) electrons. The fourth-order valence-electron chi connectivity index (χ4n) is 4.27. The van der Waals surface area contributed by atoms with Gasteiger partial charge in [-0.3, -0.25) is 9.89 Å². The van der Waals surface area contributed by atoms with Gasteiger partial charge in [0.25, 0.3) is 0 Å². The third kappa shape index (κ3) is 6.83. The number of halogens is 1. The number of rotatable bonds is 6. The summed E-state index contributed by atoms with van der Waals surface area (Å²) in [7, 11) is 3.58. The Morgan fingerprint density at radius 3 is 2.33 bits per heavy atom. The lowest BCUT2D eigenvalue weighted by atomic mass is 10.2. The first-order valence-corrected chi connectivity index (χ1v) is 11.4. The lowest BCUT2D eigenvalue weighted by Gasteiger charge is -2.38. The molecule has 180 valence electrons. The molecule has 1 N–H and O–H groups in total.